The molecule has 0 saturated carbocycles. The molecule has 40 valence electrons. The van der Waals surface area contributed by atoms with Gasteiger partial charge in [0.1, 0.15) is 0 Å². The van der Waals surface area contributed by atoms with Crippen LogP contribution in [0.25, 0.3) is 0 Å². The molecular formula is AsCl5. The van der Waals surface area contributed by atoms with Crippen LogP contribution in [0.3, 0.4) is 0 Å². The van der Waals surface area contributed by atoms with E-state index in [2.05, 4.69) is 0 Å². The average molecular weight is 252 g/mol. The zero-order valence-corrected chi connectivity index (χ0v) is 7.99. The molecule has 0 aromatic heterocycles. The average Bonchev–Trinajstić information content (AvgIpc) is 0.650. The van der Waals surface area contributed by atoms with E-state index in [0.29, 0.717) is 0 Å². The molecule has 0 aromatic carbocycles. The minimum atomic E-state index is -4.13. The molecule has 0 saturated heterocycles. The molecule has 0 atom stereocenters. The fourth-order valence-corrected chi connectivity index (χ4v) is 0. The molecule has 6 heavy (non-hydrogen) atoms. The maximum absolute atomic E-state index is 5.03. The van der Waals surface area contributed by atoms with Crippen LogP contribution in [0.15, 0.2) is 0 Å². The zero-order chi connectivity index (χ0) is 5.45. The number of hydrogen-bond acceptors (Lipinski definition) is 0. The molecule has 0 aliphatic rings. The van der Waals surface area contributed by atoms with Crippen LogP contribution < -0.4 is 0 Å². The Kier molecular flexibility index (Phi) is 2.34. The van der Waals surface area contributed by atoms with Crippen LogP contribution in [-0.2, 0) is 0 Å². The van der Waals surface area contributed by atoms with Crippen molar-refractivity contribution in [2.75, 3.05) is 0 Å². The zero-order valence-electron chi connectivity index (χ0n) is 2.34. The van der Waals surface area contributed by atoms with Gasteiger partial charge in [-0.05, 0) is 0 Å². The van der Waals surface area contributed by atoms with E-state index in [4.69, 9.17) is 49.7 Å². The van der Waals surface area contributed by atoms with Crippen molar-refractivity contribution >= 4 is 57.5 Å². The molecule has 0 fully saturated rings. The number of hydrogen-bond donors (Lipinski definition) is 0. The third-order valence-corrected chi connectivity index (χ3v) is 0. The van der Waals surface area contributed by atoms with Gasteiger partial charge in [-0.3, -0.25) is 0 Å². The van der Waals surface area contributed by atoms with Gasteiger partial charge in [-0.15, -0.1) is 0 Å². The van der Waals surface area contributed by atoms with E-state index in [1.807, 2.05) is 0 Å². The van der Waals surface area contributed by atoms with E-state index < -0.39 is 7.75 Å². The summed E-state index contributed by atoms with van der Waals surface area (Å²) in [5.74, 6) is 0. The van der Waals surface area contributed by atoms with Crippen molar-refractivity contribution in [3.8, 4) is 0 Å². The molecule has 0 unspecified atom stereocenters. The molecule has 0 spiro atoms. The summed E-state index contributed by atoms with van der Waals surface area (Å²) in [5.41, 5.74) is 0. The first-order valence-electron chi connectivity index (χ1n) is 0.845. The van der Waals surface area contributed by atoms with Crippen LogP contribution in [-0.4, -0.2) is 7.75 Å². The second kappa shape index (κ2) is 1.75. The first kappa shape index (κ1) is 8.01. The topological polar surface area (TPSA) is 0 Å². The van der Waals surface area contributed by atoms with Gasteiger partial charge in [-0.2, -0.15) is 0 Å². The summed E-state index contributed by atoms with van der Waals surface area (Å²) in [5, 5.41) is 0. The van der Waals surface area contributed by atoms with E-state index in [1.165, 1.54) is 0 Å². The Morgan fingerprint density at radius 3 is 0.667 bits per heavy atom. The van der Waals surface area contributed by atoms with Gasteiger partial charge in [0.15, 0.2) is 0 Å². The Bertz CT molecular complexity index is 37.1. The van der Waals surface area contributed by atoms with E-state index in [1.54, 1.807) is 0 Å². The summed E-state index contributed by atoms with van der Waals surface area (Å²) in [6.07, 6.45) is 0. The SMILES string of the molecule is Cl[As](Cl)(Cl)(Cl)Cl. The van der Waals surface area contributed by atoms with Crippen molar-refractivity contribution in [2.24, 2.45) is 0 Å². The molecule has 0 radical (unpaired) electrons. The molecule has 0 aromatic rings. The Morgan fingerprint density at radius 1 is 0.667 bits per heavy atom. The molecule has 6 heteroatoms. The normalized spacial score (nSPS) is 19.2. The van der Waals surface area contributed by atoms with E-state index >= 15 is 0 Å². The summed E-state index contributed by atoms with van der Waals surface area (Å²) >= 11 is 0. The fraction of sp³-hybridized carbons (Fsp3) is 0. The number of halogens is 5. The van der Waals surface area contributed by atoms with Crippen LogP contribution in [0.4, 0.5) is 0 Å². The van der Waals surface area contributed by atoms with Gasteiger partial charge in [0, 0.05) is 0 Å². The number of rotatable bonds is 0. The van der Waals surface area contributed by atoms with E-state index in [9.17, 15) is 0 Å². The minimum absolute atomic E-state index is 4.13. The summed E-state index contributed by atoms with van der Waals surface area (Å²) < 4.78 is 0. The van der Waals surface area contributed by atoms with Gasteiger partial charge >= 0.3 is 57.5 Å². The molecule has 0 aliphatic heterocycles. The van der Waals surface area contributed by atoms with Gasteiger partial charge in [-0.1, -0.05) is 0 Å². The van der Waals surface area contributed by atoms with Crippen LogP contribution in [0.2, 0.25) is 0 Å². The second-order valence-electron chi connectivity index (χ2n) is 0.639. The third kappa shape index (κ3) is 37.4. The first-order chi connectivity index (χ1) is 2.24. The second-order valence-corrected chi connectivity index (χ2v) is 29.9. The monoisotopic (exact) mass is 250 g/mol. The molecule has 0 aliphatic carbocycles. The Hall–Kier alpha value is 2.01. The Labute approximate surface area is 57.1 Å². The van der Waals surface area contributed by atoms with Crippen LogP contribution in [0.1, 0.15) is 0 Å². The first-order valence-corrected chi connectivity index (χ1v) is 13.2. The Morgan fingerprint density at radius 2 is 0.667 bits per heavy atom. The quantitative estimate of drug-likeness (QED) is 0.581. The van der Waals surface area contributed by atoms with Crippen LogP contribution in [0.5, 0.6) is 0 Å². The van der Waals surface area contributed by atoms with Crippen molar-refractivity contribution < 1.29 is 0 Å². The van der Waals surface area contributed by atoms with Gasteiger partial charge in [0.2, 0.25) is 0 Å². The summed E-state index contributed by atoms with van der Waals surface area (Å²) in [6, 6.07) is 0. The maximum atomic E-state index is 5.03. The van der Waals surface area contributed by atoms with Gasteiger partial charge in [-0.25, -0.2) is 0 Å². The van der Waals surface area contributed by atoms with Crippen molar-refractivity contribution in [1.82, 2.24) is 0 Å². The molecular weight excluding hydrogens is 252 g/mol. The summed E-state index contributed by atoms with van der Waals surface area (Å²) in [6.45, 7) is 0. The molecule has 0 N–H and O–H groups in total. The molecule has 0 amide bonds. The van der Waals surface area contributed by atoms with Gasteiger partial charge in [0.25, 0.3) is 0 Å². The van der Waals surface area contributed by atoms with Crippen molar-refractivity contribution in [3.05, 3.63) is 0 Å². The van der Waals surface area contributed by atoms with Crippen molar-refractivity contribution in [2.45, 2.75) is 0 Å². The van der Waals surface area contributed by atoms with Gasteiger partial charge in [0.05, 0.1) is 0 Å². The summed E-state index contributed by atoms with van der Waals surface area (Å²) in [4.78, 5) is 0. The van der Waals surface area contributed by atoms with Crippen molar-refractivity contribution in [1.29, 1.82) is 0 Å². The molecule has 0 bridgehead atoms. The van der Waals surface area contributed by atoms with Crippen LogP contribution in [0, 0.1) is 0 Å². The Balaban J connectivity index is 3.73. The van der Waals surface area contributed by atoms with E-state index in [0.717, 1.165) is 0 Å². The van der Waals surface area contributed by atoms with E-state index in [-0.39, 0.29) is 0 Å². The molecule has 0 nitrogen and oxygen atoms in total. The van der Waals surface area contributed by atoms with Crippen molar-refractivity contribution in [3.63, 3.8) is 0 Å². The predicted molar refractivity (Wildman–Crippen MR) is 35.0 cm³/mol. The fourth-order valence-electron chi connectivity index (χ4n) is 0. The molecule has 0 rings (SSSR count). The molecule has 0 heterocycles. The predicted octanol–water partition coefficient (Wildman–Crippen LogP) is 3.07. The van der Waals surface area contributed by atoms with Gasteiger partial charge < -0.3 is 0 Å². The van der Waals surface area contributed by atoms with Crippen LogP contribution >= 0.6 is 49.7 Å². The standard InChI is InChI=1S/AsCl5/c2-1(3,4,5)6. The summed E-state index contributed by atoms with van der Waals surface area (Å²) in [7, 11) is 21.0. The third-order valence-electron chi connectivity index (χ3n) is 0.